The predicted octanol–water partition coefficient (Wildman–Crippen LogP) is 2.72. The van der Waals surface area contributed by atoms with Crippen LogP contribution in [0.4, 0.5) is 5.69 Å². The molecule has 4 aliphatic heterocycles. The Morgan fingerprint density at radius 1 is 1.28 bits per heavy atom. The first-order chi connectivity index (χ1) is 15.5. The number of ether oxygens (including phenoxy) is 1. The average Bonchev–Trinajstić information content (AvgIpc) is 3.24. The molecule has 0 amide bonds. The molecule has 0 N–H and O–H groups in total. The van der Waals surface area contributed by atoms with Gasteiger partial charge in [-0.2, -0.15) is 0 Å². The lowest BCUT2D eigenvalue weighted by Crippen LogP contribution is -2.73. The molecule has 0 radical (unpaired) electrons. The van der Waals surface area contributed by atoms with Crippen LogP contribution in [0.2, 0.25) is 0 Å². The zero-order chi connectivity index (χ0) is 22.3. The fourth-order valence-corrected chi connectivity index (χ4v) is 7.10. The zero-order valence-corrected chi connectivity index (χ0v) is 19.4. The largest absolute Gasteiger partial charge is 0.627 e. The van der Waals surface area contributed by atoms with Gasteiger partial charge in [-0.25, -0.2) is 0 Å². The summed E-state index contributed by atoms with van der Waals surface area (Å²) in [5.74, 6) is 1.34. The first-order valence-corrected chi connectivity index (χ1v) is 12.5. The third-order valence-electron chi connectivity index (χ3n) is 7.56. The number of carbonyl (C=O) groups excluding carboxylic acids is 1. The summed E-state index contributed by atoms with van der Waals surface area (Å²) in [7, 11) is 1.70. The van der Waals surface area contributed by atoms with E-state index >= 15 is 0 Å². The highest BCUT2D eigenvalue weighted by Gasteiger charge is 2.68. The number of hydrogen-bond donors (Lipinski definition) is 0. The van der Waals surface area contributed by atoms with Crippen molar-refractivity contribution in [1.82, 2.24) is 4.90 Å². The van der Waals surface area contributed by atoms with Crippen LogP contribution in [-0.2, 0) is 4.79 Å². The molecule has 0 aliphatic carbocycles. The van der Waals surface area contributed by atoms with Crippen LogP contribution in [0.25, 0.3) is 0 Å². The van der Waals surface area contributed by atoms with Gasteiger partial charge in [0.25, 0.3) is 5.03 Å². The van der Waals surface area contributed by atoms with Crippen molar-refractivity contribution in [2.45, 2.75) is 37.4 Å². The van der Waals surface area contributed by atoms with Gasteiger partial charge in [0.2, 0.25) is 0 Å². The van der Waals surface area contributed by atoms with Crippen LogP contribution in [0.3, 0.4) is 0 Å². The second-order valence-corrected chi connectivity index (χ2v) is 10.2. The predicted molar refractivity (Wildman–Crippen MR) is 124 cm³/mol. The van der Waals surface area contributed by atoms with Crippen molar-refractivity contribution in [2.75, 3.05) is 57.0 Å². The van der Waals surface area contributed by atoms with Crippen LogP contribution in [0, 0.1) is 10.1 Å². The normalized spacial score (nSPS) is 32.6. The quantitative estimate of drug-likeness (QED) is 0.368. The van der Waals surface area contributed by atoms with Crippen LogP contribution in [0.1, 0.15) is 25.7 Å². The number of hydrogen-bond acceptors (Lipinski definition) is 7. The number of methoxy groups -OCH3 is 1. The summed E-state index contributed by atoms with van der Waals surface area (Å²) in [6.45, 7) is 4.92. The van der Waals surface area contributed by atoms with Crippen molar-refractivity contribution in [3.8, 4) is 5.75 Å². The molecule has 172 valence electrons. The Morgan fingerprint density at radius 3 is 2.84 bits per heavy atom. The summed E-state index contributed by atoms with van der Waals surface area (Å²) in [6.07, 6.45) is 3.31. The molecule has 8 nitrogen and oxygen atoms in total. The van der Waals surface area contributed by atoms with Crippen molar-refractivity contribution in [2.24, 2.45) is 0 Å². The Labute approximate surface area is 192 Å². The van der Waals surface area contributed by atoms with E-state index < -0.39 is 16.4 Å². The van der Waals surface area contributed by atoms with E-state index in [0.29, 0.717) is 36.6 Å². The lowest BCUT2D eigenvalue weighted by Gasteiger charge is -2.55. The average molecular weight is 460 g/mol. The molecule has 0 aromatic heterocycles. The minimum atomic E-state index is -1.02. The molecular formula is C23H31N4O4S+. The molecule has 2 saturated heterocycles. The smallest absolute Gasteiger partial charge is 0.334 e. The summed E-state index contributed by atoms with van der Waals surface area (Å²) in [4.78, 5) is 30.5. The fourth-order valence-electron chi connectivity index (χ4n) is 5.74. The van der Waals surface area contributed by atoms with Gasteiger partial charge < -0.3 is 14.8 Å². The number of nitroso groups, excluding NO2 is 1. The van der Waals surface area contributed by atoms with E-state index in [1.54, 1.807) is 13.2 Å². The van der Waals surface area contributed by atoms with Gasteiger partial charge >= 0.3 is 6.17 Å². The topological polar surface area (TPSA) is 75.9 Å². The molecular weight excluding hydrogens is 428 g/mol. The lowest BCUT2D eigenvalue weighted by atomic mass is 9.83. The summed E-state index contributed by atoms with van der Waals surface area (Å²) < 4.78 is 5.74. The molecule has 3 atom stereocenters. The first-order valence-electron chi connectivity index (χ1n) is 11.5. The van der Waals surface area contributed by atoms with E-state index in [1.807, 2.05) is 18.2 Å². The zero-order valence-electron chi connectivity index (χ0n) is 18.6. The number of carbonyl (C=O) groups is 1. The molecule has 1 spiro atoms. The van der Waals surface area contributed by atoms with Crippen LogP contribution in [0.15, 0.2) is 35.4 Å². The highest BCUT2D eigenvalue weighted by atomic mass is 32.2. The lowest BCUT2D eigenvalue weighted by molar-refractivity contribution is -1.02. The van der Waals surface area contributed by atoms with Crippen molar-refractivity contribution in [3.05, 3.63) is 45.5 Å². The highest BCUT2D eigenvalue weighted by Crippen LogP contribution is 2.51. The molecule has 0 saturated carbocycles. The van der Waals surface area contributed by atoms with E-state index in [2.05, 4.69) is 15.9 Å². The number of hydroxylamine groups is 3. The number of quaternary nitrogens is 1. The van der Waals surface area contributed by atoms with Gasteiger partial charge in [0.1, 0.15) is 5.75 Å². The summed E-state index contributed by atoms with van der Waals surface area (Å²) in [5.41, 5.74) is 0.0995. The van der Waals surface area contributed by atoms with Crippen LogP contribution >= 0.6 is 11.8 Å². The second kappa shape index (κ2) is 8.44. The summed E-state index contributed by atoms with van der Waals surface area (Å²) >= 11 is 1.38. The van der Waals surface area contributed by atoms with Crippen LogP contribution < -0.4 is 9.64 Å². The number of Topliss-reactive ketones (excluding diaryl/α,β-unsaturated/α-hetero) is 1. The number of rotatable bonds is 6. The summed E-state index contributed by atoms with van der Waals surface area (Å²) in [6, 6.07) is 8.09. The number of ketones is 1. The van der Waals surface area contributed by atoms with Crippen LogP contribution in [0.5, 0.6) is 5.75 Å². The van der Waals surface area contributed by atoms with E-state index in [4.69, 9.17) is 4.74 Å². The number of piperazine rings is 1. The molecule has 5 rings (SSSR count). The summed E-state index contributed by atoms with van der Waals surface area (Å²) in [5, 5.41) is 14.5. The maximum Gasteiger partial charge on any atom is 0.334 e. The number of anilines is 1. The maximum atomic E-state index is 14.0. The molecule has 9 heteroatoms. The molecule has 4 aliphatic rings. The minimum Gasteiger partial charge on any atom is -0.627 e. The van der Waals surface area contributed by atoms with Gasteiger partial charge in [0.15, 0.2) is 11.3 Å². The Morgan fingerprint density at radius 2 is 2.06 bits per heavy atom. The maximum absolute atomic E-state index is 14.0. The minimum absolute atomic E-state index is 0.0202. The molecule has 4 heterocycles. The Balaban J connectivity index is 1.19. The van der Waals surface area contributed by atoms with E-state index in [1.165, 1.54) is 11.8 Å². The molecule has 32 heavy (non-hydrogen) atoms. The first kappa shape index (κ1) is 21.9. The fraction of sp³-hybridized carbons (Fsp3) is 0.609. The molecule has 2 fully saturated rings. The monoisotopic (exact) mass is 459 g/mol. The van der Waals surface area contributed by atoms with Crippen molar-refractivity contribution in [3.63, 3.8) is 0 Å². The van der Waals surface area contributed by atoms with E-state index in [-0.39, 0.29) is 5.78 Å². The van der Waals surface area contributed by atoms with Gasteiger partial charge in [-0.05, 0) is 36.9 Å². The van der Waals surface area contributed by atoms with Gasteiger partial charge in [-0.3, -0.25) is 14.3 Å². The number of thioether (sulfide) groups is 1. The van der Waals surface area contributed by atoms with Crippen molar-refractivity contribution < 1.29 is 18.9 Å². The Kier molecular flexibility index (Phi) is 5.77. The standard InChI is InChI=1S/C23H31N4O4S/c1-31-19-7-3-2-6-18(19)25-13-11-24(12-14-25)10-4-9-21-26(29)22-16-23(17-32-22)20(28)8-5-15-27(21,23)30/h2-3,6-7,16,21H,4-5,8-15,17H2,1H3/q+1. The Hall–Kier alpha value is -1.94. The van der Waals surface area contributed by atoms with Gasteiger partial charge in [0.05, 0.1) is 42.4 Å². The van der Waals surface area contributed by atoms with Crippen molar-refractivity contribution in [1.29, 1.82) is 0 Å². The second-order valence-electron chi connectivity index (χ2n) is 9.19. The molecule has 2 bridgehead atoms. The third-order valence-corrected chi connectivity index (χ3v) is 8.74. The molecule has 1 aromatic rings. The van der Waals surface area contributed by atoms with Crippen LogP contribution in [-0.4, -0.2) is 83.9 Å². The van der Waals surface area contributed by atoms with Crippen molar-refractivity contribution >= 4 is 23.2 Å². The van der Waals surface area contributed by atoms with Gasteiger partial charge in [-0.1, -0.05) is 12.1 Å². The number of para-hydroxylation sites is 2. The number of benzene rings is 1. The van der Waals surface area contributed by atoms with Gasteiger partial charge in [-0.15, -0.1) is 0 Å². The van der Waals surface area contributed by atoms with Gasteiger partial charge in [0, 0.05) is 43.9 Å². The number of piperidine rings is 1. The Bertz CT molecular complexity index is 948. The third kappa shape index (κ3) is 3.37. The molecule has 3 unspecified atom stereocenters. The van der Waals surface area contributed by atoms with E-state index in [0.717, 1.165) is 55.3 Å². The molecule has 1 aromatic carbocycles. The highest BCUT2D eigenvalue weighted by molar-refractivity contribution is 8.03. The SMILES string of the molecule is COc1ccccc1N1CCN(CCCC2[N+](=O)C3=CC4(CS3)C(=O)CCC[N+]24[O-])CC1. The van der Waals surface area contributed by atoms with E-state index in [9.17, 15) is 14.9 Å². The number of nitrogens with zero attached hydrogens (tertiary/aromatic N) is 4.